The quantitative estimate of drug-likeness (QED) is 0.898. The number of nitrogens with zero attached hydrogens (tertiary/aromatic N) is 1. The summed E-state index contributed by atoms with van der Waals surface area (Å²) < 4.78 is 13.7. The number of nitriles is 1. The maximum atomic E-state index is 13.7. The molecule has 1 saturated carbocycles. The first-order chi connectivity index (χ1) is 9.03. The number of nitrogens with one attached hydrogen (secondary N) is 1. The molecule has 102 valence electrons. The van der Waals surface area contributed by atoms with Crippen molar-refractivity contribution in [3.05, 3.63) is 35.1 Å². The van der Waals surface area contributed by atoms with E-state index in [1.54, 1.807) is 6.07 Å². The van der Waals surface area contributed by atoms with Crippen LogP contribution in [0.3, 0.4) is 0 Å². The number of rotatable bonds is 3. The third-order valence-corrected chi connectivity index (χ3v) is 4.22. The summed E-state index contributed by atoms with van der Waals surface area (Å²) in [5, 5.41) is 12.3. The van der Waals surface area contributed by atoms with Crippen molar-refractivity contribution in [2.24, 2.45) is 5.41 Å². The summed E-state index contributed by atoms with van der Waals surface area (Å²) in [7, 11) is 0. The molecular weight excluding hydrogens is 239 g/mol. The Kier molecular flexibility index (Phi) is 4.21. The highest BCUT2D eigenvalue weighted by atomic mass is 19.1. The molecule has 3 heteroatoms. The number of hydrogen-bond donors (Lipinski definition) is 1. The Bertz CT molecular complexity index is 488. The standard InChI is InChI=1S/C16H21FN2/c1-16(2)8-4-3-5-15(16)19-11-13-9-12(10-18)6-7-14(13)17/h6-7,9,15,19H,3-5,8,11H2,1-2H3. The lowest BCUT2D eigenvalue weighted by Crippen LogP contribution is -2.43. The summed E-state index contributed by atoms with van der Waals surface area (Å²) >= 11 is 0. The zero-order chi connectivity index (χ0) is 13.9. The Labute approximate surface area is 114 Å². The predicted octanol–water partition coefficient (Wildman–Crippen LogP) is 3.76. The van der Waals surface area contributed by atoms with Gasteiger partial charge in [-0.1, -0.05) is 26.7 Å². The molecule has 1 fully saturated rings. The van der Waals surface area contributed by atoms with Crippen LogP contribution in [-0.2, 0) is 6.54 Å². The monoisotopic (exact) mass is 260 g/mol. The van der Waals surface area contributed by atoms with Gasteiger partial charge in [-0.25, -0.2) is 4.39 Å². The van der Waals surface area contributed by atoms with Crippen LogP contribution in [0.2, 0.25) is 0 Å². The fraction of sp³-hybridized carbons (Fsp3) is 0.562. The number of halogens is 1. The van der Waals surface area contributed by atoms with Gasteiger partial charge in [-0.05, 0) is 36.5 Å². The van der Waals surface area contributed by atoms with Crippen LogP contribution in [0, 0.1) is 22.6 Å². The van der Waals surface area contributed by atoms with E-state index in [2.05, 4.69) is 25.2 Å². The summed E-state index contributed by atoms with van der Waals surface area (Å²) in [6.07, 6.45) is 4.88. The van der Waals surface area contributed by atoms with E-state index in [1.165, 1.54) is 31.4 Å². The minimum absolute atomic E-state index is 0.236. The highest BCUT2D eigenvalue weighted by Crippen LogP contribution is 2.35. The van der Waals surface area contributed by atoms with Gasteiger partial charge in [-0.15, -0.1) is 0 Å². The van der Waals surface area contributed by atoms with Crippen LogP contribution in [0.15, 0.2) is 18.2 Å². The fourth-order valence-corrected chi connectivity index (χ4v) is 2.89. The van der Waals surface area contributed by atoms with Crippen molar-refractivity contribution >= 4 is 0 Å². The molecule has 1 aliphatic rings. The molecule has 0 aliphatic heterocycles. The number of benzene rings is 1. The van der Waals surface area contributed by atoms with Gasteiger partial charge in [0.1, 0.15) is 5.82 Å². The van der Waals surface area contributed by atoms with E-state index < -0.39 is 0 Å². The average Bonchev–Trinajstić information content (AvgIpc) is 2.39. The SMILES string of the molecule is CC1(C)CCCCC1NCc1cc(C#N)ccc1F. The zero-order valence-electron chi connectivity index (χ0n) is 11.7. The lowest BCUT2D eigenvalue weighted by Gasteiger charge is -2.39. The van der Waals surface area contributed by atoms with Gasteiger partial charge in [-0.2, -0.15) is 5.26 Å². The lowest BCUT2D eigenvalue weighted by molar-refractivity contribution is 0.166. The second-order valence-electron chi connectivity index (χ2n) is 6.09. The first-order valence-electron chi connectivity index (χ1n) is 6.95. The Hall–Kier alpha value is -1.40. The van der Waals surface area contributed by atoms with E-state index in [4.69, 9.17) is 5.26 Å². The van der Waals surface area contributed by atoms with Crippen molar-refractivity contribution in [1.29, 1.82) is 5.26 Å². The molecule has 0 heterocycles. The van der Waals surface area contributed by atoms with Crippen molar-refractivity contribution in [1.82, 2.24) is 5.32 Å². The Morgan fingerprint density at radius 3 is 2.89 bits per heavy atom. The zero-order valence-corrected chi connectivity index (χ0v) is 11.7. The van der Waals surface area contributed by atoms with Gasteiger partial charge in [0.15, 0.2) is 0 Å². The number of hydrogen-bond acceptors (Lipinski definition) is 2. The molecular formula is C16H21FN2. The fourth-order valence-electron chi connectivity index (χ4n) is 2.89. The smallest absolute Gasteiger partial charge is 0.127 e. The molecule has 1 N–H and O–H groups in total. The lowest BCUT2D eigenvalue weighted by atomic mass is 9.73. The summed E-state index contributed by atoms with van der Waals surface area (Å²) in [4.78, 5) is 0. The molecule has 19 heavy (non-hydrogen) atoms. The maximum Gasteiger partial charge on any atom is 0.127 e. The highest BCUT2D eigenvalue weighted by molar-refractivity contribution is 5.33. The minimum Gasteiger partial charge on any atom is -0.309 e. The molecule has 1 aromatic rings. The third kappa shape index (κ3) is 3.33. The Morgan fingerprint density at radius 2 is 2.21 bits per heavy atom. The average molecular weight is 260 g/mol. The van der Waals surface area contributed by atoms with Crippen LogP contribution in [0.4, 0.5) is 4.39 Å². The van der Waals surface area contributed by atoms with Gasteiger partial charge >= 0.3 is 0 Å². The molecule has 0 bridgehead atoms. The van der Waals surface area contributed by atoms with Crippen LogP contribution in [0.1, 0.15) is 50.7 Å². The topological polar surface area (TPSA) is 35.8 Å². The van der Waals surface area contributed by atoms with E-state index in [0.29, 0.717) is 23.7 Å². The summed E-state index contributed by atoms with van der Waals surface area (Å²) in [6, 6.07) is 7.01. The van der Waals surface area contributed by atoms with Gasteiger partial charge in [0.2, 0.25) is 0 Å². The third-order valence-electron chi connectivity index (χ3n) is 4.22. The van der Waals surface area contributed by atoms with Crippen molar-refractivity contribution in [3.8, 4) is 6.07 Å². The largest absolute Gasteiger partial charge is 0.309 e. The van der Waals surface area contributed by atoms with Crippen LogP contribution in [-0.4, -0.2) is 6.04 Å². The predicted molar refractivity (Wildman–Crippen MR) is 74.0 cm³/mol. The van der Waals surface area contributed by atoms with Gasteiger partial charge in [0, 0.05) is 18.2 Å². The Balaban J connectivity index is 2.04. The molecule has 1 aromatic carbocycles. The van der Waals surface area contributed by atoms with Gasteiger partial charge in [0.25, 0.3) is 0 Å². The molecule has 1 unspecified atom stereocenters. The highest BCUT2D eigenvalue weighted by Gasteiger charge is 2.31. The van der Waals surface area contributed by atoms with Crippen LogP contribution in [0.5, 0.6) is 0 Å². The van der Waals surface area contributed by atoms with E-state index >= 15 is 0 Å². The summed E-state index contributed by atoms with van der Waals surface area (Å²) in [6.45, 7) is 5.03. The molecule has 1 atom stereocenters. The molecule has 2 nitrogen and oxygen atoms in total. The summed E-state index contributed by atoms with van der Waals surface area (Å²) in [5.41, 5.74) is 1.36. The summed E-state index contributed by atoms with van der Waals surface area (Å²) in [5.74, 6) is -0.236. The molecule has 0 saturated heterocycles. The van der Waals surface area contributed by atoms with Crippen LogP contribution >= 0.6 is 0 Å². The molecule has 2 rings (SSSR count). The minimum atomic E-state index is -0.236. The first kappa shape index (κ1) is 14.0. The maximum absolute atomic E-state index is 13.7. The van der Waals surface area contributed by atoms with E-state index in [9.17, 15) is 4.39 Å². The molecule has 0 aromatic heterocycles. The van der Waals surface area contributed by atoms with Gasteiger partial charge in [0.05, 0.1) is 11.6 Å². The molecule has 0 radical (unpaired) electrons. The molecule has 0 amide bonds. The van der Waals surface area contributed by atoms with Crippen LogP contribution in [0.25, 0.3) is 0 Å². The Morgan fingerprint density at radius 1 is 1.42 bits per heavy atom. The molecule has 0 spiro atoms. The van der Waals surface area contributed by atoms with Gasteiger partial charge < -0.3 is 5.32 Å². The van der Waals surface area contributed by atoms with Crippen LogP contribution < -0.4 is 5.32 Å². The van der Waals surface area contributed by atoms with E-state index in [0.717, 1.165) is 6.42 Å². The van der Waals surface area contributed by atoms with E-state index in [-0.39, 0.29) is 11.2 Å². The van der Waals surface area contributed by atoms with Crippen molar-refractivity contribution in [2.45, 2.75) is 52.1 Å². The van der Waals surface area contributed by atoms with Crippen molar-refractivity contribution in [3.63, 3.8) is 0 Å². The van der Waals surface area contributed by atoms with Crippen molar-refractivity contribution in [2.75, 3.05) is 0 Å². The first-order valence-corrected chi connectivity index (χ1v) is 6.95. The second-order valence-corrected chi connectivity index (χ2v) is 6.09. The van der Waals surface area contributed by atoms with E-state index in [1.807, 2.05) is 0 Å². The molecule has 1 aliphatic carbocycles. The van der Waals surface area contributed by atoms with Gasteiger partial charge in [-0.3, -0.25) is 0 Å². The second kappa shape index (κ2) is 5.71. The van der Waals surface area contributed by atoms with Crippen molar-refractivity contribution < 1.29 is 4.39 Å². The normalized spacial score (nSPS) is 21.9.